The molecule has 0 aliphatic rings. The quantitative estimate of drug-likeness (QED) is 0.525. The highest BCUT2D eigenvalue weighted by Gasteiger charge is 2.20. The minimum atomic E-state index is -0.839. The summed E-state index contributed by atoms with van der Waals surface area (Å²) in [6.45, 7) is 5.13. The highest BCUT2D eigenvalue weighted by Crippen LogP contribution is 2.28. The van der Waals surface area contributed by atoms with Crippen LogP contribution in [-0.2, 0) is 9.53 Å². The number of aromatic nitrogens is 1. The molecule has 0 saturated carbocycles. The van der Waals surface area contributed by atoms with Gasteiger partial charge in [-0.1, -0.05) is 22.9 Å². The van der Waals surface area contributed by atoms with Crippen molar-refractivity contribution >= 4 is 46.2 Å². The molecular formula is C10H11ClN2O4S. The number of hydrogen-bond donors (Lipinski definition) is 1. The summed E-state index contributed by atoms with van der Waals surface area (Å²) in [6, 6.07) is 0. The fourth-order valence-electron chi connectivity index (χ4n) is 0.954. The molecule has 1 amide bonds. The maximum absolute atomic E-state index is 11.4. The van der Waals surface area contributed by atoms with Crippen LogP contribution in [0.15, 0.2) is 0 Å². The summed E-state index contributed by atoms with van der Waals surface area (Å²) < 4.78 is 5.04. The zero-order chi connectivity index (χ0) is 13.9. The summed E-state index contributed by atoms with van der Waals surface area (Å²) in [6.07, 6.45) is -0.601. The molecule has 0 aromatic carbocycles. The largest absolute Gasteiger partial charge is 0.444 e. The Morgan fingerprint density at radius 1 is 1.44 bits per heavy atom. The lowest BCUT2D eigenvalue weighted by Gasteiger charge is -2.18. The molecule has 1 N–H and O–H groups in total. The molecule has 0 atom stereocenters. The van der Waals surface area contributed by atoms with Crippen molar-refractivity contribution in [1.82, 2.24) is 4.98 Å². The highest BCUT2D eigenvalue weighted by atomic mass is 35.5. The molecule has 0 aliphatic heterocycles. The number of ketones is 1. The number of nitrogens with zero attached hydrogens (tertiary/aromatic N) is 1. The lowest BCUT2D eigenvalue weighted by atomic mass is 10.2. The second kappa shape index (κ2) is 5.45. The molecule has 8 heteroatoms. The highest BCUT2D eigenvalue weighted by molar-refractivity contribution is 7.20. The summed E-state index contributed by atoms with van der Waals surface area (Å²) >= 11 is 6.59. The van der Waals surface area contributed by atoms with Crippen LogP contribution in [0.1, 0.15) is 31.3 Å². The smallest absolute Gasteiger partial charge is 0.413 e. The normalized spacial score (nSPS) is 10.9. The molecule has 0 spiro atoms. The van der Waals surface area contributed by atoms with Crippen molar-refractivity contribution in [3.05, 3.63) is 10.0 Å². The Morgan fingerprint density at radius 3 is 2.56 bits per heavy atom. The standard InChI is InChI=1S/C10H11ClN2O4S/c1-10(2,3)17-9(16)13-8-12-6(5(15)4-14)7(11)18-8/h4H,1-3H3,(H,12,13,16). The number of rotatable bonds is 3. The summed E-state index contributed by atoms with van der Waals surface area (Å²) in [5, 5.41) is 2.43. The van der Waals surface area contributed by atoms with E-state index in [4.69, 9.17) is 16.3 Å². The van der Waals surface area contributed by atoms with Gasteiger partial charge in [-0.25, -0.2) is 9.78 Å². The van der Waals surface area contributed by atoms with E-state index in [2.05, 4.69) is 10.3 Å². The molecule has 0 bridgehead atoms. The topological polar surface area (TPSA) is 85.4 Å². The van der Waals surface area contributed by atoms with Crippen LogP contribution in [-0.4, -0.2) is 28.7 Å². The molecule has 1 heterocycles. The Morgan fingerprint density at radius 2 is 2.06 bits per heavy atom. The first-order chi connectivity index (χ1) is 8.23. The minimum Gasteiger partial charge on any atom is -0.444 e. The zero-order valence-corrected chi connectivity index (χ0v) is 11.5. The van der Waals surface area contributed by atoms with Crippen LogP contribution in [0.25, 0.3) is 0 Å². The van der Waals surface area contributed by atoms with E-state index < -0.39 is 17.5 Å². The number of aldehydes is 1. The minimum absolute atomic E-state index is 0.0400. The van der Waals surface area contributed by atoms with Gasteiger partial charge in [0.15, 0.2) is 11.4 Å². The van der Waals surface area contributed by atoms with Gasteiger partial charge in [0.2, 0.25) is 5.78 Å². The van der Waals surface area contributed by atoms with Gasteiger partial charge in [-0.15, -0.1) is 0 Å². The maximum Gasteiger partial charge on any atom is 0.413 e. The van der Waals surface area contributed by atoms with Crippen LogP contribution in [0, 0.1) is 0 Å². The van der Waals surface area contributed by atoms with Gasteiger partial charge in [-0.2, -0.15) is 0 Å². The van der Waals surface area contributed by atoms with Crippen molar-refractivity contribution in [1.29, 1.82) is 0 Å². The first-order valence-corrected chi connectivity index (χ1v) is 6.08. The Hall–Kier alpha value is -1.47. The number of carbonyl (C=O) groups excluding carboxylic acids is 3. The number of thiazole rings is 1. The van der Waals surface area contributed by atoms with Crippen LogP contribution in [0.2, 0.25) is 4.34 Å². The molecule has 1 aromatic rings. The summed E-state index contributed by atoms with van der Waals surface area (Å²) in [7, 11) is 0. The zero-order valence-electron chi connectivity index (χ0n) is 9.94. The number of halogens is 1. The average Bonchev–Trinajstić information content (AvgIpc) is 2.55. The molecule has 18 heavy (non-hydrogen) atoms. The molecule has 6 nitrogen and oxygen atoms in total. The maximum atomic E-state index is 11.4. The van der Waals surface area contributed by atoms with Gasteiger partial charge in [0, 0.05) is 0 Å². The van der Waals surface area contributed by atoms with Crippen molar-refractivity contribution < 1.29 is 19.1 Å². The van der Waals surface area contributed by atoms with Crippen molar-refractivity contribution in [3.63, 3.8) is 0 Å². The molecule has 0 saturated heterocycles. The van der Waals surface area contributed by atoms with E-state index in [-0.39, 0.29) is 21.4 Å². The van der Waals surface area contributed by atoms with Gasteiger partial charge in [0.05, 0.1) is 0 Å². The van der Waals surface area contributed by atoms with Crippen molar-refractivity contribution in [3.8, 4) is 0 Å². The molecule has 0 aliphatic carbocycles. The van der Waals surface area contributed by atoms with Gasteiger partial charge in [0.25, 0.3) is 0 Å². The van der Waals surface area contributed by atoms with Crippen molar-refractivity contribution in [2.24, 2.45) is 0 Å². The van der Waals surface area contributed by atoms with Crippen LogP contribution in [0.3, 0.4) is 0 Å². The van der Waals surface area contributed by atoms with Crippen LogP contribution in [0.4, 0.5) is 9.93 Å². The third kappa shape index (κ3) is 4.08. The van der Waals surface area contributed by atoms with Gasteiger partial charge in [-0.3, -0.25) is 14.9 Å². The van der Waals surface area contributed by atoms with E-state index in [1.165, 1.54) is 0 Å². The third-order valence-corrected chi connectivity index (χ3v) is 2.70. The number of hydrogen-bond acceptors (Lipinski definition) is 6. The van der Waals surface area contributed by atoms with Gasteiger partial charge in [-0.05, 0) is 20.8 Å². The Labute approximate surface area is 112 Å². The van der Waals surface area contributed by atoms with E-state index in [1.807, 2.05) is 0 Å². The fourth-order valence-corrected chi connectivity index (χ4v) is 1.99. The van der Waals surface area contributed by atoms with E-state index in [0.29, 0.717) is 0 Å². The molecular weight excluding hydrogens is 280 g/mol. The number of amides is 1. The number of Topliss-reactive ketones (excluding diaryl/α,β-unsaturated/α-hetero) is 1. The Kier molecular flexibility index (Phi) is 4.42. The van der Waals surface area contributed by atoms with Crippen molar-refractivity contribution in [2.45, 2.75) is 26.4 Å². The van der Waals surface area contributed by atoms with Crippen LogP contribution < -0.4 is 5.32 Å². The first kappa shape index (κ1) is 14.6. The molecule has 1 rings (SSSR count). The number of anilines is 1. The van der Waals surface area contributed by atoms with Crippen LogP contribution >= 0.6 is 22.9 Å². The monoisotopic (exact) mass is 290 g/mol. The molecule has 0 fully saturated rings. The molecule has 0 unspecified atom stereocenters. The summed E-state index contributed by atoms with van der Waals surface area (Å²) in [5.74, 6) is -0.839. The lowest BCUT2D eigenvalue weighted by molar-refractivity contribution is -0.104. The van der Waals surface area contributed by atoms with Crippen LogP contribution in [0.5, 0.6) is 0 Å². The van der Waals surface area contributed by atoms with E-state index in [9.17, 15) is 14.4 Å². The Balaban J connectivity index is 2.78. The van der Waals surface area contributed by atoms with Crippen molar-refractivity contribution in [2.75, 3.05) is 5.32 Å². The summed E-state index contributed by atoms with van der Waals surface area (Å²) in [5.41, 5.74) is -0.824. The Bertz CT molecular complexity index is 493. The predicted molar refractivity (Wildman–Crippen MR) is 67.4 cm³/mol. The van der Waals surface area contributed by atoms with Gasteiger partial charge < -0.3 is 4.74 Å². The number of nitrogens with one attached hydrogen (secondary N) is 1. The number of ether oxygens (including phenoxy) is 1. The third-order valence-electron chi connectivity index (χ3n) is 1.53. The SMILES string of the molecule is CC(C)(C)OC(=O)Nc1nc(C(=O)C=O)c(Cl)s1. The lowest BCUT2D eigenvalue weighted by Crippen LogP contribution is -2.27. The fraction of sp³-hybridized carbons (Fsp3) is 0.400. The molecule has 0 radical (unpaired) electrons. The summed E-state index contributed by atoms with van der Waals surface area (Å²) in [4.78, 5) is 36.6. The average molecular weight is 291 g/mol. The van der Waals surface area contributed by atoms with E-state index >= 15 is 0 Å². The number of carbonyl (C=O) groups is 3. The van der Waals surface area contributed by atoms with Gasteiger partial charge in [0.1, 0.15) is 15.6 Å². The molecule has 1 aromatic heterocycles. The predicted octanol–water partition coefficient (Wildman–Crippen LogP) is 2.53. The second-order valence-corrected chi connectivity index (χ2v) is 5.85. The first-order valence-electron chi connectivity index (χ1n) is 4.89. The van der Waals surface area contributed by atoms with Gasteiger partial charge >= 0.3 is 6.09 Å². The molecule has 98 valence electrons. The van der Waals surface area contributed by atoms with E-state index in [1.54, 1.807) is 20.8 Å². The van der Waals surface area contributed by atoms with E-state index in [0.717, 1.165) is 11.3 Å². The second-order valence-electron chi connectivity index (χ2n) is 4.25.